The fourth-order valence-electron chi connectivity index (χ4n) is 2.05. The zero-order valence-electron chi connectivity index (χ0n) is 9.45. The topological polar surface area (TPSA) is 24.5 Å². The van der Waals surface area contributed by atoms with Crippen molar-refractivity contribution in [2.75, 3.05) is 38.3 Å². The Morgan fingerprint density at radius 3 is 3.19 bits per heavy atom. The third-order valence-electron chi connectivity index (χ3n) is 2.81. The number of anilines is 1. The minimum atomic E-state index is 0.386. The summed E-state index contributed by atoms with van der Waals surface area (Å²) >= 11 is 6.02. The number of morpholine rings is 1. The second-order valence-corrected chi connectivity index (χ2v) is 4.40. The Bertz CT molecular complexity index is 344. The molecule has 0 aliphatic carbocycles. The molecule has 2 rings (SSSR count). The number of benzene rings is 1. The molecule has 0 bridgehead atoms. The molecular weight excluding hydrogens is 224 g/mol. The molecule has 1 heterocycles. The first-order valence-corrected chi connectivity index (χ1v) is 5.93. The van der Waals surface area contributed by atoms with E-state index in [1.807, 2.05) is 25.2 Å². The summed E-state index contributed by atoms with van der Waals surface area (Å²) in [6.45, 7) is 3.40. The van der Waals surface area contributed by atoms with Gasteiger partial charge in [-0.25, -0.2) is 0 Å². The van der Waals surface area contributed by atoms with Crippen molar-refractivity contribution in [2.24, 2.45) is 0 Å². The molecule has 1 fully saturated rings. The Kier molecular flexibility index (Phi) is 4.04. The van der Waals surface area contributed by atoms with Crippen LogP contribution in [0.3, 0.4) is 0 Å². The Labute approximate surface area is 101 Å². The number of hydrogen-bond donors (Lipinski definition) is 1. The number of nitrogens with one attached hydrogen (secondary N) is 1. The summed E-state index contributed by atoms with van der Waals surface area (Å²) in [5.74, 6) is 0. The average Bonchev–Trinajstić information content (AvgIpc) is 2.30. The number of hydrogen-bond acceptors (Lipinski definition) is 3. The Hall–Kier alpha value is -0.770. The third-order valence-corrected chi connectivity index (χ3v) is 3.04. The standard InChI is InChI=1S/C12H17ClN2O/c1-14-8-12-9-16-6-5-15(12)11-4-2-3-10(13)7-11/h2-4,7,12,14H,5-6,8-9H2,1H3. The van der Waals surface area contributed by atoms with Crippen LogP contribution in [-0.2, 0) is 4.74 Å². The number of nitrogens with zero attached hydrogens (tertiary/aromatic N) is 1. The molecule has 3 nitrogen and oxygen atoms in total. The predicted molar refractivity (Wildman–Crippen MR) is 67.3 cm³/mol. The smallest absolute Gasteiger partial charge is 0.0683 e. The minimum absolute atomic E-state index is 0.386. The summed E-state index contributed by atoms with van der Waals surface area (Å²) in [6.07, 6.45) is 0. The van der Waals surface area contributed by atoms with Crippen molar-refractivity contribution in [1.82, 2.24) is 5.32 Å². The van der Waals surface area contributed by atoms with Crippen LogP contribution in [0, 0.1) is 0 Å². The second kappa shape index (κ2) is 5.53. The number of ether oxygens (including phenoxy) is 1. The lowest BCUT2D eigenvalue weighted by Gasteiger charge is -2.37. The van der Waals surface area contributed by atoms with E-state index >= 15 is 0 Å². The summed E-state index contributed by atoms with van der Waals surface area (Å²) in [4.78, 5) is 2.35. The molecule has 0 saturated carbocycles. The summed E-state index contributed by atoms with van der Waals surface area (Å²) in [5.41, 5.74) is 1.18. The first-order chi connectivity index (χ1) is 7.81. The molecule has 88 valence electrons. The molecule has 0 amide bonds. The fourth-order valence-corrected chi connectivity index (χ4v) is 2.24. The van der Waals surface area contributed by atoms with Crippen molar-refractivity contribution in [3.05, 3.63) is 29.3 Å². The summed E-state index contributed by atoms with van der Waals surface area (Å²) < 4.78 is 5.50. The molecule has 0 aromatic heterocycles. The maximum atomic E-state index is 6.02. The molecule has 1 aromatic rings. The fraction of sp³-hybridized carbons (Fsp3) is 0.500. The van der Waals surface area contributed by atoms with Gasteiger partial charge in [0, 0.05) is 23.8 Å². The van der Waals surface area contributed by atoms with Gasteiger partial charge in [0.2, 0.25) is 0 Å². The molecule has 1 atom stereocenters. The number of likely N-dealkylation sites (N-methyl/N-ethyl adjacent to an activating group) is 1. The number of rotatable bonds is 3. The molecular formula is C12H17ClN2O. The monoisotopic (exact) mass is 240 g/mol. The van der Waals surface area contributed by atoms with Gasteiger partial charge in [-0.2, -0.15) is 0 Å². The van der Waals surface area contributed by atoms with Crippen molar-refractivity contribution in [1.29, 1.82) is 0 Å². The van der Waals surface area contributed by atoms with Crippen LogP contribution in [0.5, 0.6) is 0 Å². The molecule has 16 heavy (non-hydrogen) atoms. The third kappa shape index (κ3) is 2.67. The molecule has 1 N–H and O–H groups in total. The maximum absolute atomic E-state index is 6.02. The van der Waals surface area contributed by atoms with E-state index in [9.17, 15) is 0 Å². The highest BCUT2D eigenvalue weighted by Crippen LogP contribution is 2.22. The average molecular weight is 241 g/mol. The van der Waals surface area contributed by atoms with Gasteiger partial charge in [0.15, 0.2) is 0 Å². The lowest BCUT2D eigenvalue weighted by atomic mass is 10.2. The van der Waals surface area contributed by atoms with Crippen LogP contribution in [-0.4, -0.2) is 39.4 Å². The molecule has 1 aromatic carbocycles. The molecule has 0 radical (unpaired) electrons. The molecule has 4 heteroatoms. The van der Waals surface area contributed by atoms with Gasteiger partial charge in [-0.3, -0.25) is 0 Å². The highest BCUT2D eigenvalue weighted by molar-refractivity contribution is 6.30. The quantitative estimate of drug-likeness (QED) is 0.872. The van der Waals surface area contributed by atoms with Crippen molar-refractivity contribution < 1.29 is 4.74 Å². The second-order valence-electron chi connectivity index (χ2n) is 3.96. The van der Waals surface area contributed by atoms with Crippen LogP contribution >= 0.6 is 11.6 Å². The SMILES string of the molecule is CNCC1COCCN1c1cccc(Cl)c1. The Balaban J connectivity index is 2.16. The normalized spacial score (nSPS) is 21.1. The van der Waals surface area contributed by atoms with Gasteiger partial charge >= 0.3 is 0 Å². The van der Waals surface area contributed by atoms with Gasteiger partial charge in [0.1, 0.15) is 0 Å². The van der Waals surface area contributed by atoms with Crippen LogP contribution in [0.4, 0.5) is 5.69 Å². The largest absolute Gasteiger partial charge is 0.377 e. The van der Waals surface area contributed by atoms with Crippen LogP contribution < -0.4 is 10.2 Å². The van der Waals surface area contributed by atoms with E-state index in [0.29, 0.717) is 6.04 Å². The van der Waals surface area contributed by atoms with Crippen LogP contribution in [0.15, 0.2) is 24.3 Å². The van der Waals surface area contributed by atoms with E-state index < -0.39 is 0 Å². The van der Waals surface area contributed by atoms with E-state index in [0.717, 1.165) is 31.3 Å². The van der Waals surface area contributed by atoms with Crippen molar-refractivity contribution in [3.8, 4) is 0 Å². The zero-order valence-corrected chi connectivity index (χ0v) is 10.2. The molecule has 1 aliphatic rings. The Morgan fingerprint density at radius 1 is 1.56 bits per heavy atom. The zero-order chi connectivity index (χ0) is 11.4. The molecule has 1 unspecified atom stereocenters. The summed E-state index contributed by atoms with van der Waals surface area (Å²) in [7, 11) is 1.96. The Morgan fingerprint density at radius 2 is 2.44 bits per heavy atom. The van der Waals surface area contributed by atoms with Crippen molar-refractivity contribution in [2.45, 2.75) is 6.04 Å². The van der Waals surface area contributed by atoms with E-state index in [1.54, 1.807) is 0 Å². The van der Waals surface area contributed by atoms with Gasteiger partial charge in [0.05, 0.1) is 19.3 Å². The summed E-state index contributed by atoms with van der Waals surface area (Å²) in [6, 6.07) is 8.38. The van der Waals surface area contributed by atoms with Gasteiger partial charge < -0.3 is 15.0 Å². The van der Waals surface area contributed by atoms with E-state index in [-0.39, 0.29) is 0 Å². The minimum Gasteiger partial charge on any atom is -0.377 e. The van der Waals surface area contributed by atoms with Gasteiger partial charge in [-0.05, 0) is 25.2 Å². The molecule has 1 saturated heterocycles. The maximum Gasteiger partial charge on any atom is 0.0683 e. The van der Waals surface area contributed by atoms with Gasteiger partial charge in [0.25, 0.3) is 0 Å². The molecule has 1 aliphatic heterocycles. The highest BCUT2D eigenvalue weighted by Gasteiger charge is 2.22. The lowest BCUT2D eigenvalue weighted by molar-refractivity contribution is 0.0943. The first-order valence-electron chi connectivity index (χ1n) is 5.56. The van der Waals surface area contributed by atoms with Gasteiger partial charge in [-0.1, -0.05) is 17.7 Å². The lowest BCUT2D eigenvalue weighted by Crippen LogP contribution is -2.50. The van der Waals surface area contributed by atoms with E-state index in [4.69, 9.17) is 16.3 Å². The van der Waals surface area contributed by atoms with Crippen LogP contribution in [0.2, 0.25) is 5.02 Å². The number of halogens is 1. The van der Waals surface area contributed by atoms with Gasteiger partial charge in [-0.15, -0.1) is 0 Å². The van der Waals surface area contributed by atoms with Crippen molar-refractivity contribution in [3.63, 3.8) is 0 Å². The highest BCUT2D eigenvalue weighted by atomic mass is 35.5. The van der Waals surface area contributed by atoms with E-state index in [2.05, 4.69) is 16.3 Å². The predicted octanol–water partition coefficient (Wildman–Crippen LogP) is 1.76. The molecule has 0 spiro atoms. The van der Waals surface area contributed by atoms with Crippen molar-refractivity contribution >= 4 is 17.3 Å². The van der Waals surface area contributed by atoms with Crippen LogP contribution in [0.1, 0.15) is 0 Å². The van der Waals surface area contributed by atoms with Crippen LogP contribution in [0.25, 0.3) is 0 Å². The first kappa shape index (κ1) is 11.7. The summed E-state index contributed by atoms with van der Waals surface area (Å²) in [5, 5.41) is 3.98. The van der Waals surface area contributed by atoms with E-state index in [1.165, 1.54) is 5.69 Å².